The first-order chi connectivity index (χ1) is 10.7. The van der Waals surface area contributed by atoms with E-state index in [1.807, 2.05) is 30.3 Å². The highest BCUT2D eigenvalue weighted by molar-refractivity contribution is 5.97. The van der Waals surface area contributed by atoms with Crippen LogP contribution < -0.4 is 4.90 Å². The van der Waals surface area contributed by atoms with Crippen LogP contribution in [0.5, 0.6) is 0 Å². The summed E-state index contributed by atoms with van der Waals surface area (Å²) >= 11 is 0. The standard InChI is InChI=1S/C14H16N6O2/c21-13(6-7-19-11-15-16-17-19)18-8-9-20(14(22)10-18)12-4-2-1-3-5-12/h1-5,11H,6-10H2. The molecule has 0 bridgehead atoms. The number of rotatable bonds is 4. The van der Waals surface area contributed by atoms with E-state index >= 15 is 0 Å². The van der Waals surface area contributed by atoms with Crippen LogP contribution in [0.1, 0.15) is 6.42 Å². The average molecular weight is 300 g/mol. The molecule has 1 aromatic heterocycles. The van der Waals surface area contributed by atoms with Gasteiger partial charge in [-0.25, -0.2) is 4.68 Å². The molecule has 3 rings (SSSR count). The van der Waals surface area contributed by atoms with E-state index in [0.717, 1.165) is 5.69 Å². The number of hydrogen-bond acceptors (Lipinski definition) is 5. The Balaban J connectivity index is 1.55. The Morgan fingerprint density at radius 3 is 2.68 bits per heavy atom. The predicted octanol–water partition coefficient (Wildman–Crippen LogP) is -0.0614. The molecule has 1 fully saturated rings. The number of benzene rings is 1. The number of aromatic nitrogens is 4. The first-order valence-electron chi connectivity index (χ1n) is 7.08. The number of hydrogen-bond donors (Lipinski definition) is 0. The molecule has 1 aliphatic heterocycles. The van der Waals surface area contributed by atoms with Gasteiger partial charge in [0.05, 0.1) is 6.54 Å². The number of piperazine rings is 1. The molecule has 0 radical (unpaired) electrons. The molecule has 0 aliphatic carbocycles. The van der Waals surface area contributed by atoms with Gasteiger partial charge in [0.2, 0.25) is 11.8 Å². The first-order valence-corrected chi connectivity index (χ1v) is 7.08. The molecule has 2 amide bonds. The summed E-state index contributed by atoms with van der Waals surface area (Å²) in [5, 5.41) is 10.7. The number of aryl methyl sites for hydroxylation is 1. The van der Waals surface area contributed by atoms with Gasteiger partial charge in [0.15, 0.2) is 0 Å². The first kappa shape index (κ1) is 14.2. The second-order valence-corrected chi connectivity index (χ2v) is 5.02. The molecule has 114 valence electrons. The quantitative estimate of drug-likeness (QED) is 0.789. The number of nitrogens with zero attached hydrogens (tertiary/aromatic N) is 6. The molecular formula is C14H16N6O2. The Hall–Kier alpha value is -2.77. The highest BCUT2D eigenvalue weighted by Crippen LogP contribution is 2.16. The van der Waals surface area contributed by atoms with Crippen molar-refractivity contribution in [3.8, 4) is 0 Å². The number of carbonyl (C=O) groups excluding carboxylic acids is 2. The maximum atomic E-state index is 12.2. The van der Waals surface area contributed by atoms with Crippen molar-refractivity contribution in [1.82, 2.24) is 25.1 Å². The topological polar surface area (TPSA) is 84.2 Å². The average Bonchev–Trinajstić information content (AvgIpc) is 3.07. The van der Waals surface area contributed by atoms with Crippen LogP contribution in [0.25, 0.3) is 0 Å². The van der Waals surface area contributed by atoms with Crippen LogP contribution in [0, 0.1) is 0 Å². The smallest absolute Gasteiger partial charge is 0.246 e. The van der Waals surface area contributed by atoms with Crippen molar-refractivity contribution in [2.24, 2.45) is 0 Å². The van der Waals surface area contributed by atoms with Crippen LogP contribution in [0.15, 0.2) is 36.7 Å². The minimum Gasteiger partial charge on any atom is -0.332 e. The zero-order valence-electron chi connectivity index (χ0n) is 12.0. The van der Waals surface area contributed by atoms with E-state index in [-0.39, 0.29) is 24.8 Å². The van der Waals surface area contributed by atoms with E-state index < -0.39 is 0 Å². The van der Waals surface area contributed by atoms with Gasteiger partial charge in [-0.2, -0.15) is 0 Å². The van der Waals surface area contributed by atoms with Gasteiger partial charge in [0, 0.05) is 25.2 Å². The largest absolute Gasteiger partial charge is 0.332 e. The van der Waals surface area contributed by atoms with Gasteiger partial charge in [0.1, 0.15) is 12.9 Å². The Kier molecular flexibility index (Phi) is 4.08. The fraction of sp³-hybridized carbons (Fsp3) is 0.357. The lowest BCUT2D eigenvalue weighted by Gasteiger charge is -2.34. The molecule has 8 heteroatoms. The molecule has 1 aliphatic rings. The van der Waals surface area contributed by atoms with E-state index in [9.17, 15) is 9.59 Å². The van der Waals surface area contributed by atoms with Crippen LogP contribution in [0.2, 0.25) is 0 Å². The molecule has 1 saturated heterocycles. The fourth-order valence-corrected chi connectivity index (χ4v) is 2.42. The van der Waals surface area contributed by atoms with Crippen molar-refractivity contribution in [3.63, 3.8) is 0 Å². The highest BCUT2D eigenvalue weighted by atomic mass is 16.2. The summed E-state index contributed by atoms with van der Waals surface area (Å²) in [6.45, 7) is 1.58. The molecule has 0 spiro atoms. The summed E-state index contributed by atoms with van der Waals surface area (Å²) < 4.78 is 1.50. The maximum Gasteiger partial charge on any atom is 0.246 e. The molecular weight excluding hydrogens is 284 g/mol. The Morgan fingerprint density at radius 2 is 2.00 bits per heavy atom. The van der Waals surface area contributed by atoms with Gasteiger partial charge in [-0.1, -0.05) is 18.2 Å². The molecule has 0 saturated carbocycles. The molecule has 0 atom stereocenters. The van der Waals surface area contributed by atoms with E-state index in [0.29, 0.717) is 19.6 Å². The third kappa shape index (κ3) is 3.11. The van der Waals surface area contributed by atoms with Crippen molar-refractivity contribution >= 4 is 17.5 Å². The third-order valence-corrected chi connectivity index (χ3v) is 3.59. The van der Waals surface area contributed by atoms with Gasteiger partial charge in [-0.15, -0.1) is 5.10 Å². The van der Waals surface area contributed by atoms with Gasteiger partial charge >= 0.3 is 0 Å². The van der Waals surface area contributed by atoms with Crippen LogP contribution in [0.3, 0.4) is 0 Å². The molecule has 8 nitrogen and oxygen atoms in total. The van der Waals surface area contributed by atoms with Crippen LogP contribution in [0.4, 0.5) is 5.69 Å². The molecule has 22 heavy (non-hydrogen) atoms. The summed E-state index contributed by atoms with van der Waals surface area (Å²) in [6, 6.07) is 9.49. The van der Waals surface area contributed by atoms with E-state index in [1.54, 1.807) is 9.80 Å². The van der Waals surface area contributed by atoms with Gasteiger partial charge in [0.25, 0.3) is 0 Å². The lowest BCUT2D eigenvalue weighted by molar-refractivity contribution is -0.137. The Bertz CT molecular complexity index is 643. The van der Waals surface area contributed by atoms with Crippen molar-refractivity contribution < 1.29 is 9.59 Å². The lowest BCUT2D eigenvalue weighted by Crippen LogP contribution is -2.52. The Labute approximate surface area is 127 Å². The molecule has 2 heterocycles. The van der Waals surface area contributed by atoms with Crippen molar-refractivity contribution in [2.45, 2.75) is 13.0 Å². The van der Waals surface area contributed by atoms with Gasteiger partial charge < -0.3 is 9.80 Å². The van der Waals surface area contributed by atoms with Crippen LogP contribution in [-0.2, 0) is 16.1 Å². The Morgan fingerprint density at radius 1 is 1.18 bits per heavy atom. The SMILES string of the molecule is O=C(CCn1cnnn1)N1CCN(c2ccccc2)C(=O)C1. The molecule has 2 aromatic rings. The van der Waals surface area contributed by atoms with E-state index in [1.165, 1.54) is 11.0 Å². The van der Waals surface area contributed by atoms with Crippen LogP contribution in [-0.4, -0.2) is 56.6 Å². The van der Waals surface area contributed by atoms with Gasteiger partial charge in [-0.05, 0) is 22.6 Å². The summed E-state index contributed by atoms with van der Waals surface area (Å²) in [6.07, 6.45) is 1.75. The van der Waals surface area contributed by atoms with E-state index in [4.69, 9.17) is 0 Å². The number of anilines is 1. The third-order valence-electron chi connectivity index (χ3n) is 3.59. The number of amides is 2. The number of carbonyl (C=O) groups is 2. The van der Waals surface area contributed by atoms with Crippen molar-refractivity contribution in [1.29, 1.82) is 0 Å². The zero-order valence-corrected chi connectivity index (χ0v) is 12.0. The fourth-order valence-electron chi connectivity index (χ4n) is 2.42. The summed E-state index contributed by atoms with van der Waals surface area (Å²) in [5.74, 6) is -0.121. The maximum absolute atomic E-state index is 12.2. The number of tetrazole rings is 1. The van der Waals surface area contributed by atoms with E-state index in [2.05, 4.69) is 15.5 Å². The second-order valence-electron chi connectivity index (χ2n) is 5.02. The molecule has 1 aromatic carbocycles. The van der Waals surface area contributed by atoms with Gasteiger partial charge in [-0.3, -0.25) is 9.59 Å². The normalized spacial score (nSPS) is 15.2. The number of para-hydroxylation sites is 1. The summed E-state index contributed by atoms with van der Waals surface area (Å²) in [4.78, 5) is 27.7. The predicted molar refractivity (Wildman–Crippen MR) is 77.8 cm³/mol. The zero-order chi connectivity index (χ0) is 15.4. The highest BCUT2D eigenvalue weighted by Gasteiger charge is 2.27. The van der Waals surface area contributed by atoms with Crippen molar-refractivity contribution in [2.75, 3.05) is 24.5 Å². The summed E-state index contributed by atoms with van der Waals surface area (Å²) in [7, 11) is 0. The summed E-state index contributed by atoms with van der Waals surface area (Å²) in [5.41, 5.74) is 0.869. The minimum atomic E-state index is -0.0618. The van der Waals surface area contributed by atoms with Crippen molar-refractivity contribution in [3.05, 3.63) is 36.7 Å². The molecule has 0 unspecified atom stereocenters. The minimum absolute atomic E-state index is 0.0587. The lowest BCUT2D eigenvalue weighted by atomic mass is 10.2. The second kappa shape index (κ2) is 6.33. The molecule has 0 N–H and O–H groups in total. The monoisotopic (exact) mass is 300 g/mol. The van der Waals surface area contributed by atoms with Crippen LogP contribution >= 0.6 is 0 Å².